The molecule has 2 heterocycles. The van der Waals surface area contributed by atoms with E-state index in [1.54, 1.807) is 11.6 Å². The molecule has 0 N–H and O–H groups in total. The van der Waals surface area contributed by atoms with Gasteiger partial charge in [-0.05, 0) is 34.6 Å². The molecular weight excluding hydrogens is 326 g/mol. The Kier molecular flexibility index (Phi) is 5.49. The summed E-state index contributed by atoms with van der Waals surface area (Å²) in [5.41, 5.74) is 3.03. The Morgan fingerprint density at radius 3 is 2.17 bits per heavy atom. The summed E-state index contributed by atoms with van der Waals surface area (Å²) in [6.07, 6.45) is 1.92. The van der Waals surface area contributed by atoms with Crippen LogP contribution < -0.4 is 0 Å². The fourth-order valence-electron chi connectivity index (χ4n) is 2.92. The van der Waals surface area contributed by atoms with Gasteiger partial charge in [0.2, 0.25) is 10.0 Å². The van der Waals surface area contributed by atoms with E-state index in [-0.39, 0.29) is 0 Å². The highest BCUT2D eigenvalue weighted by Crippen LogP contribution is 2.25. The third-order valence-electron chi connectivity index (χ3n) is 4.28. The first-order valence-electron chi connectivity index (χ1n) is 8.33. The molecule has 2 rings (SSSR count). The molecule has 0 radical (unpaired) electrons. The van der Waals surface area contributed by atoms with Crippen molar-refractivity contribution in [3.63, 3.8) is 0 Å². The monoisotopic (exact) mass is 353 g/mol. The third-order valence-corrected chi connectivity index (χ3v) is 6.46. The van der Waals surface area contributed by atoms with Crippen LogP contribution in [-0.2, 0) is 29.7 Å². The van der Waals surface area contributed by atoms with Crippen LogP contribution in [0, 0.1) is 20.8 Å². The minimum Gasteiger partial charge on any atom is -0.272 e. The van der Waals surface area contributed by atoms with E-state index in [0.29, 0.717) is 35.9 Å². The van der Waals surface area contributed by atoms with E-state index in [0.717, 1.165) is 17.8 Å². The first-order valence-corrected chi connectivity index (χ1v) is 9.77. The second kappa shape index (κ2) is 7.06. The van der Waals surface area contributed by atoms with Crippen molar-refractivity contribution in [2.45, 2.75) is 66.1 Å². The Bertz CT molecular complexity index is 820. The summed E-state index contributed by atoms with van der Waals surface area (Å²) in [7, 11) is -3.60. The number of aryl methyl sites for hydroxylation is 4. The zero-order valence-electron chi connectivity index (χ0n) is 15.4. The normalized spacial score (nSPS) is 12.3. The van der Waals surface area contributed by atoms with Gasteiger partial charge >= 0.3 is 0 Å². The maximum Gasteiger partial charge on any atom is 0.247 e. The first kappa shape index (κ1) is 18.7. The molecule has 0 saturated heterocycles. The van der Waals surface area contributed by atoms with Gasteiger partial charge in [0, 0.05) is 37.9 Å². The van der Waals surface area contributed by atoms with Gasteiger partial charge in [0.05, 0.1) is 17.1 Å². The summed E-state index contributed by atoms with van der Waals surface area (Å²) in [6.45, 7) is 13.4. The minimum absolute atomic E-state index is 0.320. The minimum atomic E-state index is -3.60. The van der Waals surface area contributed by atoms with Crippen molar-refractivity contribution in [3.05, 3.63) is 28.8 Å². The van der Waals surface area contributed by atoms with Gasteiger partial charge < -0.3 is 0 Å². The van der Waals surface area contributed by atoms with Gasteiger partial charge in [-0.1, -0.05) is 6.92 Å². The van der Waals surface area contributed by atoms with Crippen LogP contribution in [0.4, 0.5) is 0 Å². The number of aromatic nitrogens is 4. The van der Waals surface area contributed by atoms with Crippen molar-refractivity contribution < 1.29 is 8.42 Å². The van der Waals surface area contributed by atoms with Crippen molar-refractivity contribution in [1.29, 1.82) is 0 Å². The van der Waals surface area contributed by atoms with Crippen LogP contribution in [-0.4, -0.2) is 38.8 Å². The van der Waals surface area contributed by atoms with E-state index in [4.69, 9.17) is 0 Å². The highest BCUT2D eigenvalue weighted by molar-refractivity contribution is 7.89. The molecule has 8 heteroatoms. The molecule has 2 aromatic heterocycles. The summed E-state index contributed by atoms with van der Waals surface area (Å²) in [4.78, 5) is 0.326. The highest BCUT2D eigenvalue weighted by atomic mass is 32.2. The lowest BCUT2D eigenvalue weighted by Gasteiger charge is -2.20. The van der Waals surface area contributed by atoms with Crippen LogP contribution in [0.2, 0.25) is 0 Å². The van der Waals surface area contributed by atoms with Crippen molar-refractivity contribution in [2.75, 3.05) is 6.54 Å². The fourth-order valence-corrected chi connectivity index (χ4v) is 4.72. The second-order valence-corrected chi connectivity index (χ2v) is 7.72. The molecule has 0 atom stereocenters. The smallest absolute Gasteiger partial charge is 0.247 e. The van der Waals surface area contributed by atoms with E-state index in [1.807, 2.05) is 45.5 Å². The molecule has 0 saturated carbocycles. The number of hydrogen-bond acceptors (Lipinski definition) is 4. The fraction of sp³-hybridized carbons (Fsp3) is 0.625. The molecule has 134 valence electrons. The molecule has 0 amide bonds. The lowest BCUT2D eigenvalue weighted by molar-refractivity contribution is 0.421. The molecule has 0 unspecified atom stereocenters. The third kappa shape index (κ3) is 3.25. The van der Waals surface area contributed by atoms with Gasteiger partial charge in [0.25, 0.3) is 0 Å². The Hall–Kier alpha value is -1.67. The number of sulfonamides is 1. The Balaban J connectivity index is 2.42. The Morgan fingerprint density at radius 2 is 1.71 bits per heavy atom. The number of rotatable bonds is 7. The molecule has 0 aliphatic heterocycles. The Labute approximate surface area is 144 Å². The average Bonchev–Trinajstić information content (AvgIpc) is 3.03. The van der Waals surface area contributed by atoms with Crippen LogP contribution in [0.3, 0.4) is 0 Å². The molecule has 24 heavy (non-hydrogen) atoms. The summed E-state index contributed by atoms with van der Waals surface area (Å²) in [5.74, 6) is 0. The SMILES string of the molecule is CCN(Cc1cn(CC)nc1C)S(=O)(=O)c1c(C)nn(CC)c1C. The lowest BCUT2D eigenvalue weighted by atomic mass is 10.2. The maximum atomic E-state index is 13.2. The second-order valence-electron chi connectivity index (χ2n) is 5.84. The maximum absolute atomic E-state index is 13.2. The van der Waals surface area contributed by atoms with Crippen molar-refractivity contribution in [1.82, 2.24) is 23.9 Å². The van der Waals surface area contributed by atoms with Crippen molar-refractivity contribution in [2.24, 2.45) is 0 Å². The molecule has 0 aromatic carbocycles. The van der Waals surface area contributed by atoms with Crippen LogP contribution in [0.15, 0.2) is 11.1 Å². The largest absolute Gasteiger partial charge is 0.272 e. The summed E-state index contributed by atoms with van der Waals surface area (Å²) in [5, 5.41) is 8.75. The predicted molar refractivity (Wildman–Crippen MR) is 93.3 cm³/mol. The van der Waals surface area contributed by atoms with E-state index >= 15 is 0 Å². The molecule has 0 spiro atoms. The van der Waals surface area contributed by atoms with Crippen LogP contribution in [0.1, 0.15) is 43.4 Å². The van der Waals surface area contributed by atoms with Gasteiger partial charge in [-0.3, -0.25) is 9.36 Å². The van der Waals surface area contributed by atoms with Crippen molar-refractivity contribution in [3.8, 4) is 0 Å². The van der Waals surface area contributed by atoms with Crippen molar-refractivity contribution >= 4 is 10.0 Å². The van der Waals surface area contributed by atoms with Gasteiger partial charge in [0.1, 0.15) is 4.90 Å². The first-order chi connectivity index (χ1) is 11.3. The van der Waals surface area contributed by atoms with Gasteiger partial charge in [-0.25, -0.2) is 8.42 Å². The molecular formula is C16H27N5O2S. The standard InChI is InChI=1S/C16H27N5O2S/c1-7-19-10-15(12(4)17-19)11-20(8-2)24(22,23)16-13(5)18-21(9-3)14(16)6/h10H,7-9,11H2,1-6H3. The van der Waals surface area contributed by atoms with Crippen LogP contribution in [0.25, 0.3) is 0 Å². The van der Waals surface area contributed by atoms with Crippen LogP contribution >= 0.6 is 0 Å². The van der Waals surface area contributed by atoms with Crippen LogP contribution in [0.5, 0.6) is 0 Å². The topological polar surface area (TPSA) is 73.0 Å². The van der Waals surface area contributed by atoms with E-state index < -0.39 is 10.0 Å². The summed E-state index contributed by atoms with van der Waals surface area (Å²) in [6, 6.07) is 0. The zero-order chi connectivity index (χ0) is 18.1. The van der Waals surface area contributed by atoms with Gasteiger partial charge in [-0.2, -0.15) is 14.5 Å². The lowest BCUT2D eigenvalue weighted by Crippen LogP contribution is -2.31. The molecule has 7 nitrogen and oxygen atoms in total. The van der Waals surface area contributed by atoms with Gasteiger partial charge in [-0.15, -0.1) is 0 Å². The van der Waals surface area contributed by atoms with E-state index in [1.165, 1.54) is 4.31 Å². The molecule has 0 fully saturated rings. The van der Waals surface area contributed by atoms with Gasteiger partial charge in [0.15, 0.2) is 0 Å². The highest BCUT2D eigenvalue weighted by Gasteiger charge is 2.30. The molecule has 0 aliphatic rings. The quantitative estimate of drug-likeness (QED) is 0.765. The molecule has 0 aliphatic carbocycles. The molecule has 0 bridgehead atoms. The zero-order valence-corrected chi connectivity index (χ0v) is 16.2. The van der Waals surface area contributed by atoms with E-state index in [2.05, 4.69) is 10.2 Å². The predicted octanol–water partition coefficient (Wildman–Crippen LogP) is 2.26. The molecule has 2 aromatic rings. The average molecular weight is 353 g/mol. The summed E-state index contributed by atoms with van der Waals surface area (Å²) >= 11 is 0. The number of nitrogens with zero attached hydrogens (tertiary/aromatic N) is 5. The summed E-state index contributed by atoms with van der Waals surface area (Å²) < 4.78 is 31.4. The number of hydrogen-bond donors (Lipinski definition) is 0. The van der Waals surface area contributed by atoms with E-state index in [9.17, 15) is 8.42 Å². The Morgan fingerprint density at radius 1 is 1.04 bits per heavy atom.